The average molecular weight is 402 g/mol. The van der Waals surface area contributed by atoms with Crippen molar-refractivity contribution in [3.8, 4) is 0 Å². The van der Waals surface area contributed by atoms with Gasteiger partial charge in [0.2, 0.25) is 5.95 Å². The molecule has 0 radical (unpaired) electrons. The van der Waals surface area contributed by atoms with E-state index in [2.05, 4.69) is 45.0 Å². The summed E-state index contributed by atoms with van der Waals surface area (Å²) < 4.78 is 4.49. The SMILES string of the molecule is CCn1c(C)cc(C(=O)CSc2nnc(N3CCC(C)CC3)n2C2CC2)c1C. The zero-order chi connectivity index (χ0) is 19.8. The van der Waals surface area contributed by atoms with E-state index in [0.717, 1.165) is 53.6 Å². The highest BCUT2D eigenvalue weighted by Gasteiger charge is 2.32. The van der Waals surface area contributed by atoms with Crippen molar-refractivity contribution >= 4 is 23.5 Å². The minimum Gasteiger partial charge on any atom is -0.349 e. The number of thioether (sulfide) groups is 1. The predicted molar refractivity (Wildman–Crippen MR) is 114 cm³/mol. The number of nitrogens with zero attached hydrogens (tertiary/aromatic N) is 5. The number of ketones is 1. The van der Waals surface area contributed by atoms with E-state index in [0.29, 0.717) is 11.8 Å². The van der Waals surface area contributed by atoms with Gasteiger partial charge in [0.25, 0.3) is 0 Å². The van der Waals surface area contributed by atoms with Crippen molar-refractivity contribution in [2.24, 2.45) is 5.92 Å². The van der Waals surface area contributed by atoms with Gasteiger partial charge in [-0.2, -0.15) is 0 Å². The van der Waals surface area contributed by atoms with Crippen LogP contribution in [-0.2, 0) is 6.54 Å². The van der Waals surface area contributed by atoms with Gasteiger partial charge in [0, 0.05) is 42.6 Å². The van der Waals surface area contributed by atoms with Crippen molar-refractivity contribution in [2.75, 3.05) is 23.7 Å². The number of hydrogen-bond acceptors (Lipinski definition) is 5. The number of hydrogen-bond donors (Lipinski definition) is 0. The molecule has 0 aromatic carbocycles. The van der Waals surface area contributed by atoms with Gasteiger partial charge in [-0.05, 0) is 58.4 Å². The fourth-order valence-corrected chi connectivity index (χ4v) is 5.11. The molecule has 28 heavy (non-hydrogen) atoms. The fraction of sp³-hybridized carbons (Fsp3) is 0.667. The summed E-state index contributed by atoms with van der Waals surface area (Å²) in [5.74, 6) is 2.39. The quantitative estimate of drug-likeness (QED) is 0.512. The Morgan fingerprint density at radius 2 is 1.89 bits per heavy atom. The number of piperidine rings is 1. The van der Waals surface area contributed by atoms with Gasteiger partial charge in [-0.15, -0.1) is 10.2 Å². The number of aryl methyl sites for hydroxylation is 1. The molecule has 0 spiro atoms. The number of aromatic nitrogens is 4. The fourth-order valence-electron chi connectivity index (χ4n) is 4.22. The van der Waals surface area contributed by atoms with Crippen molar-refractivity contribution in [3.63, 3.8) is 0 Å². The average Bonchev–Trinajstić information content (AvgIpc) is 3.37. The molecule has 4 rings (SSSR count). The minimum atomic E-state index is 0.177. The van der Waals surface area contributed by atoms with Crippen molar-refractivity contribution in [1.29, 1.82) is 0 Å². The van der Waals surface area contributed by atoms with Crippen LogP contribution >= 0.6 is 11.8 Å². The van der Waals surface area contributed by atoms with Crippen LogP contribution in [0.2, 0.25) is 0 Å². The third-order valence-electron chi connectivity index (χ3n) is 6.15. The van der Waals surface area contributed by atoms with Crippen LogP contribution in [0, 0.1) is 19.8 Å². The number of carbonyl (C=O) groups is 1. The molecule has 0 atom stereocenters. The Morgan fingerprint density at radius 1 is 1.18 bits per heavy atom. The molecule has 6 nitrogen and oxygen atoms in total. The van der Waals surface area contributed by atoms with Gasteiger partial charge >= 0.3 is 0 Å². The highest BCUT2D eigenvalue weighted by molar-refractivity contribution is 7.99. The lowest BCUT2D eigenvalue weighted by molar-refractivity contribution is 0.102. The second kappa shape index (κ2) is 7.93. The molecule has 0 amide bonds. The molecule has 0 N–H and O–H groups in total. The Hall–Kier alpha value is -1.76. The highest BCUT2D eigenvalue weighted by atomic mass is 32.2. The molecule has 1 aliphatic heterocycles. The van der Waals surface area contributed by atoms with Crippen molar-refractivity contribution in [3.05, 3.63) is 23.0 Å². The maximum atomic E-state index is 12.9. The molecule has 7 heteroatoms. The highest BCUT2D eigenvalue weighted by Crippen LogP contribution is 2.41. The molecule has 0 unspecified atom stereocenters. The minimum absolute atomic E-state index is 0.177. The molecule has 2 aromatic heterocycles. The normalized spacial score (nSPS) is 18.1. The summed E-state index contributed by atoms with van der Waals surface area (Å²) >= 11 is 1.54. The summed E-state index contributed by atoms with van der Waals surface area (Å²) in [5, 5.41) is 9.90. The van der Waals surface area contributed by atoms with Crippen molar-refractivity contribution in [2.45, 2.75) is 71.1 Å². The van der Waals surface area contributed by atoms with E-state index >= 15 is 0 Å². The zero-order valence-corrected chi connectivity index (χ0v) is 18.3. The first-order valence-electron chi connectivity index (χ1n) is 10.5. The second-order valence-corrected chi connectivity index (χ2v) is 9.24. The van der Waals surface area contributed by atoms with Crippen LogP contribution in [0.3, 0.4) is 0 Å². The Kier molecular flexibility index (Phi) is 5.54. The van der Waals surface area contributed by atoms with E-state index in [1.807, 2.05) is 13.0 Å². The van der Waals surface area contributed by atoms with Gasteiger partial charge < -0.3 is 9.47 Å². The van der Waals surface area contributed by atoms with E-state index in [1.54, 1.807) is 0 Å². The Balaban J connectivity index is 1.49. The van der Waals surface area contributed by atoms with Gasteiger partial charge in [0.15, 0.2) is 10.9 Å². The molecule has 152 valence electrons. The van der Waals surface area contributed by atoms with Gasteiger partial charge in [-0.25, -0.2) is 0 Å². The molecular weight excluding hydrogens is 370 g/mol. The molecule has 2 aromatic rings. The van der Waals surface area contributed by atoms with E-state index in [9.17, 15) is 4.79 Å². The predicted octanol–water partition coefficient (Wildman–Crippen LogP) is 4.26. The van der Waals surface area contributed by atoms with Crippen LogP contribution in [-0.4, -0.2) is 44.0 Å². The summed E-state index contributed by atoms with van der Waals surface area (Å²) in [6.07, 6.45) is 4.81. The number of carbonyl (C=O) groups excluding carboxylic acids is 1. The van der Waals surface area contributed by atoms with E-state index in [-0.39, 0.29) is 5.78 Å². The van der Waals surface area contributed by atoms with Crippen LogP contribution in [0.15, 0.2) is 11.2 Å². The van der Waals surface area contributed by atoms with Crippen LogP contribution in [0.5, 0.6) is 0 Å². The molecular formula is C21H31N5OS. The maximum absolute atomic E-state index is 12.9. The van der Waals surface area contributed by atoms with Crippen LogP contribution in [0.25, 0.3) is 0 Å². The Bertz CT molecular complexity index is 859. The summed E-state index contributed by atoms with van der Waals surface area (Å²) in [4.78, 5) is 15.2. The third kappa shape index (κ3) is 3.73. The first-order valence-corrected chi connectivity index (χ1v) is 11.5. The van der Waals surface area contributed by atoms with Crippen LogP contribution in [0.1, 0.15) is 67.3 Å². The largest absolute Gasteiger partial charge is 0.349 e. The standard InChI is InChI=1S/C21H31N5OS/c1-5-25-15(3)12-18(16(25)4)19(27)13-28-21-23-22-20(26(21)17-6-7-17)24-10-8-14(2)9-11-24/h12,14,17H,5-11,13H2,1-4H3. The molecule has 0 bridgehead atoms. The number of anilines is 1. The van der Waals surface area contributed by atoms with Crippen LogP contribution in [0.4, 0.5) is 5.95 Å². The molecule has 1 aliphatic carbocycles. The summed E-state index contributed by atoms with van der Waals surface area (Å²) in [6, 6.07) is 2.53. The number of Topliss-reactive ketones (excluding diaryl/α,β-unsaturated/α-hetero) is 1. The summed E-state index contributed by atoms with van der Waals surface area (Å²) in [5.41, 5.74) is 3.06. The third-order valence-corrected chi connectivity index (χ3v) is 7.09. The summed E-state index contributed by atoms with van der Waals surface area (Å²) in [7, 11) is 0. The molecule has 2 fully saturated rings. The maximum Gasteiger partial charge on any atom is 0.228 e. The first-order chi connectivity index (χ1) is 13.5. The molecule has 1 saturated heterocycles. The van der Waals surface area contributed by atoms with Crippen LogP contribution < -0.4 is 4.90 Å². The second-order valence-electron chi connectivity index (χ2n) is 8.29. The Labute approximate surface area is 171 Å². The van der Waals surface area contributed by atoms with Gasteiger partial charge in [-0.1, -0.05) is 18.7 Å². The lowest BCUT2D eigenvalue weighted by Gasteiger charge is -2.31. The van der Waals surface area contributed by atoms with E-state index in [4.69, 9.17) is 0 Å². The smallest absolute Gasteiger partial charge is 0.228 e. The lowest BCUT2D eigenvalue weighted by Crippen LogP contribution is -2.34. The van der Waals surface area contributed by atoms with Crippen molar-refractivity contribution in [1.82, 2.24) is 19.3 Å². The van der Waals surface area contributed by atoms with E-state index in [1.165, 1.54) is 37.4 Å². The zero-order valence-electron chi connectivity index (χ0n) is 17.4. The van der Waals surface area contributed by atoms with Gasteiger partial charge in [-0.3, -0.25) is 9.36 Å². The van der Waals surface area contributed by atoms with Crippen molar-refractivity contribution < 1.29 is 4.79 Å². The molecule has 3 heterocycles. The first kappa shape index (κ1) is 19.6. The lowest BCUT2D eigenvalue weighted by atomic mass is 10.00. The Morgan fingerprint density at radius 3 is 2.50 bits per heavy atom. The van der Waals surface area contributed by atoms with Gasteiger partial charge in [0.05, 0.1) is 5.75 Å². The summed E-state index contributed by atoms with van der Waals surface area (Å²) in [6.45, 7) is 11.5. The monoisotopic (exact) mass is 401 g/mol. The molecule has 1 saturated carbocycles. The topological polar surface area (TPSA) is 56.0 Å². The van der Waals surface area contributed by atoms with E-state index < -0.39 is 0 Å². The molecule has 2 aliphatic rings. The van der Waals surface area contributed by atoms with Gasteiger partial charge in [0.1, 0.15) is 0 Å². The number of rotatable bonds is 7.